The van der Waals surface area contributed by atoms with Gasteiger partial charge in [-0.05, 0) is 42.1 Å². The maximum absolute atomic E-state index is 12.8. The summed E-state index contributed by atoms with van der Waals surface area (Å²) in [7, 11) is 1.78. The van der Waals surface area contributed by atoms with E-state index in [0.29, 0.717) is 16.1 Å². The number of nitrogen functional groups attached to an aromatic ring is 1. The van der Waals surface area contributed by atoms with E-state index in [9.17, 15) is 9.59 Å². The third-order valence-electron chi connectivity index (χ3n) is 5.81. The van der Waals surface area contributed by atoms with Crippen LogP contribution >= 0.6 is 11.6 Å². The minimum Gasteiger partial charge on any atom is -0.387 e. The molecule has 2 aromatic carbocycles. The summed E-state index contributed by atoms with van der Waals surface area (Å²) in [5.74, 6) is -0.691. The quantitative estimate of drug-likeness (QED) is 0.306. The van der Waals surface area contributed by atoms with Crippen LogP contribution in [-0.4, -0.2) is 32.5 Å². The number of aryl methyl sites for hydroxylation is 1. The van der Waals surface area contributed by atoms with Gasteiger partial charge in [0.25, 0.3) is 11.5 Å². The zero-order chi connectivity index (χ0) is 27.2. The van der Waals surface area contributed by atoms with Gasteiger partial charge in [-0.2, -0.15) is 0 Å². The van der Waals surface area contributed by atoms with Gasteiger partial charge in [-0.1, -0.05) is 48.9 Å². The van der Waals surface area contributed by atoms with E-state index in [1.165, 1.54) is 6.20 Å². The average molecular weight is 528 g/mol. The molecule has 0 bridgehead atoms. The van der Waals surface area contributed by atoms with Crippen LogP contribution in [-0.2, 0) is 6.42 Å². The molecule has 10 heteroatoms. The highest BCUT2D eigenvalue weighted by molar-refractivity contribution is 6.35. The van der Waals surface area contributed by atoms with Gasteiger partial charge >= 0.3 is 0 Å². The highest BCUT2D eigenvalue weighted by Crippen LogP contribution is 2.23. The van der Waals surface area contributed by atoms with Gasteiger partial charge in [-0.15, -0.1) is 0 Å². The number of carbonyl (C=O) groups is 1. The molecule has 5 aromatic rings. The molecular weight excluding hydrogens is 502 g/mol. The number of pyridine rings is 2. The third kappa shape index (κ3) is 5.47. The Bertz CT molecular complexity index is 1670. The molecule has 0 fully saturated rings. The van der Waals surface area contributed by atoms with Crippen molar-refractivity contribution in [3.05, 3.63) is 106 Å². The van der Waals surface area contributed by atoms with E-state index in [1.807, 2.05) is 61.5 Å². The van der Waals surface area contributed by atoms with E-state index in [0.717, 1.165) is 34.4 Å². The number of hydrogen-bond donors (Lipinski definition) is 3. The number of primary amides is 1. The van der Waals surface area contributed by atoms with Crippen LogP contribution in [0.25, 0.3) is 27.7 Å². The summed E-state index contributed by atoms with van der Waals surface area (Å²) in [6.45, 7) is 2.05. The Morgan fingerprint density at radius 3 is 2.50 bits per heavy atom. The predicted octanol–water partition coefficient (Wildman–Crippen LogP) is 4.47. The van der Waals surface area contributed by atoms with Gasteiger partial charge in [0.05, 0.1) is 28.0 Å². The topological polar surface area (TPSA) is 142 Å². The Morgan fingerprint density at radius 1 is 1.05 bits per heavy atom. The Kier molecular flexibility index (Phi) is 7.98. The van der Waals surface area contributed by atoms with E-state index in [4.69, 9.17) is 23.1 Å². The van der Waals surface area contributed by atoms with Crippen LogP contribution in [0.5, 0.6) is 0 Å². The van der Waals surface area contributed by atoms with Crippen molar-refractivity contribution < 1.29 is 4.79 Å². The SMILES string of the molecule is CCc1cc2cccc(Cl)c2c(=O)n1-c1ccccc1.CNc1cncc(-c2cnc(N)c(C(N)=O)n2)c1. The second-order valence-corrected chi connectivity index (χ2v) is 8.64. The predicted molar refractivity (Wildman–Crippen MR) is 152 cm³/mol. The Balaban J connectivity index is 0.000000178. The minimum absolute atomic E-state index is 0.0176. The van der Waals surface area contributed by atoms with Gasteiger partial charge in [0.15, 0.2) is 11.5 Å². The number of nitrogens with one attached hydrogen (secondary N) is 1. The van der Waals surface area contributed by atoms with E-state index in [-0.39, 0.29) is 17.1 Å². The zero-order valence-electron chi connectivity index (χ0n) is 20.9. The van der Waals surface area contributed by atoms with Crippen LogP contribution in [0.2, 0.25) is 5.02 Å². The highest BCUT2D eigenvalue weighted by Gasteiger charge is 2.13. The van der Waals surface area contributed by atoms with E-state index >= 15 is 0 Å². The second kappa shape index (κ2) is 11.5. The van der Waals surface area contributed by atoms with Crippen LogP contribution in [0.4, 0.5) is 11.5 Å². The third-order valence-corrected chi connectivity index (χ3v) is 6.12. The first-order chi connectivity index (χ1) is 18.3. The maximum Gasteiger partial charge on any atom is 0.271 e. The molecule has 0 spiro atoms. The maximum atomic E-state index is 12.8. The lowest BCUT2D eigenvalue weighted by molar-refractivity contribution is 0.0996. The van der Waals surface area contributed by atoms with Gasteiger partial charge < -0.3 is 16.8 Å². The van der Waals surface area contributed by atoms with Crippen molar-refractivity contribution in [2.24, 2.45) is 5.73 Å². The number of rotatable bonds is 5. The number of nitrogens with two attached hydrogens (primary N) is 2. The first-order valence-electron chi connectivity index (χ1n) is 11.8. The normalized spacial score (nSPS) is 10.5. The number of halogens is 1. The molecule has 0 aliphatic carbocycles. The molecule has 0 unspecified atom stereocenters. The number of para-hydroxylation sites is 1. The molecule has 38 heavy (non-hydrogen) atoms. The summed E-state index contributed by atoms with van der Waals surface area (Å²) in [6, 6.07) is 19.1. The number of fused-ring (bicyclic) bond motifs is 1. The van der Waals surface area contributed by atoms with Crippen molar-refractivity contribution in [1.29, 1.82) is 0 Å². The van der Waals surface area contributed by atoms with Crippen molar-refractivity contribution in [3.63, 3.8) is 0 Å². The van der Waals surface area contributed by atoms with Crippen LogP contribution in [0.15, 0.2) is 84.0 Å². The van der Waals surface area contributed by atoms with Crippen molar-refractivity contribution in [3.8, 4) is 16.9 Å². The Morgan fingerprint density at radius 2 is 1.82 bits per heavy atom. The summed E-state index contributed by atoms with van der Waals surface area (Å²) in [5.41, 5.74) is 14.5. The molecule has 3 aromatic heterocycles. The molecule has 3 heterocycles. The highest BCUT2D eigenvalue weighted by atomic mass is 35.5. The lowest BCUT2D eigenvalue weighted by Crippen LogP contribution is -2.22. The number of aromatic nitrogens is 4. The summed E-state index contributed by atoms with van der Waals surface area (Å²) in [5, 5.41) is 4.93. The molecule has 5 N–H and O–H groups in total. The lowest BCUT2D eigenvalue weighted by Gasteiger charge is -2.14. The molecule has 0 aliphatic rings. The summed E-state index contributed by atoms with van der Waals surface area (Å²) in [6.07, 6.45) is 5.54. The summed E-state index contributed by atoms with van der Waals surface area (Å²) < 4.78 is 1.74. The molecule has 5 rings (SSSR count). The van der Waals surface area contributed by atoms with Gasteiger partial charge in [-0.3, -0.25) is 19.1 Å². The first-order valence-corrected chi connectivity index (χ1v) is 12.2. The van der Waals surface area contributed by atoms with Crippen LogP contribution in [0.3, 0.4) is 0 Å². The smallest absolute Gasteiger partial charge is 0.271 e. The van der Waals surface area contributed by atoms with E-state index in [1.54, 1.807) is 30.1 Å². The standard InChI is InChI=1S/C17H14ClNO.C11H12N6O/c1-2-13-11-12-7-6-10-15(18)16(12)17(20)19(13)14-8-4-3-5-9-14;1-14-7-2-6(3-15-4-7)8-5-16-10(12)9(17-8)11(13)18/h3-11H,2H2,1H3;2-5,14H,1H3,(H2,12,16)(H2,13,18). The molecule has 0 saturated carbocycles. The zero-order valence-corrected chi connectivity index (χ0v) is 21.6. The molecule has 9 nitrogen and oxygen atoms in total. The number of benzene rings is 2. The summed E-state index contributed by atoms with van der Waals surface area (Å²) >= 11 is 6.20. The fourth-order valence-corrected chi connectivity index (χ4v) is 4.19. The van der Waals surface area contributed by atoms with Crippen molar-refractivity contribution in [1.82, 2.24) is 19.5 Å². The van der Waals surface area contributed by atoms with E-state index in [2.05, 4.69) is 20.3 Å². The molecule has 0 aliphatic heterocycles. The molecular formula is C28H26ClN7O2. The van der Waals surface area contributed by atoms with Crippen LogP contribution < -0.4 is 22.3 Å². The van der Waals surface area contributed by atoms with Crippen molar-refractivity contribution >= 4 is 39.8 Å². The number of amides is 1. The van der Waals surface area contributed by atoms with Gasteiger partial charge in [0.1, 0.15) is 0 Å². The van der Waals surface area contributed by atoms with E-state index < -0.39 is 5.91 Å². The molecule has 0 radical (unpaired) electrons. The first kappa shape index (κ1) is 26.3. The number of nitrogens with zero attached hydrogens (tertiary/aromatic N) is 4. The molecule has 0 atom stereocenters. The van der Waals surface area contributed by atoms with Crippen LogP contribution in [0.1, 0.15) is 23.1 Å². The lowest BCUT2D eigenvalue weighted by atomic mass is 10.1. The molecule has 1 amide bonds. The second-order valence-electron chi connectivity index (χ2n) is 8.24. The van der Waals surface area contributed by atoms with Gasteiger partial charge in [0.2, 0.25) is 0 Å². The Labute approximate surface area is 224 Å². The fourth-order valence-electron chi connectivity index (χ4n) is 3.93. The summed E-state index contributed by atoms with van der Waals surface area (Å²) in [4.78, 5) is 36.0. The average Bonchev–Trinajstić information content (AvgIpc) is 2.93. The van der Waals surface area contributed by atoms with Crippen molar-refractivity contribution in [2.75, 3.05) is 18.1 Å². The molecule has 192 valence electrons. The van der Waals surface area contributed by atoms with Crippen LogP contribution in [0, 0.1) is 0 Å². The minimum atomic E-state index is -0.709. The largest absolute Gasteiger partial charge is 0.387 e. The monoisotopic (exact) mass is 527 g/mol. The Hall–Kier alpha value is -4.76. The number of carbonyl (C=O) groups excluding carboxylic acids is 1. The fraction of sp³-hybridized carbons (Fsp3) is 0.107. The number of hydrogen-bond acceptors (Lipinski definition) is 7. The van der Waals surface area contributed by atoms with Gasteiger partial charge in [-0.25, -0.2) is 9.97 Å². The molecule has 0 saturated heterocycles. The van der Waals surface area contributed by atoms with Gasteiger partial charge in [0, 0.05) is 36.4 Å². The number of anilines is 2. The van der Waals surface area contributed by atoms with Crippen molar-refractivity contribution in [2.45, 2.75) is 13.3 Å².